The Balaban J connectivity index is 1.78. The van der Waals surface area contributed by atoms with Crippen LogP contribution in [0.1, 0.15) is 16.9 Å². The zero-order valence-electron chi connectivity index (χ0n) is 15.0. The predicted molar refractivity (Wildman–Crippen MR) is 108 cm³/mol. The molecule has 2 aromatic carbocycles. The number of hydrogen-bond donors (Lipinski definition) is 0. The van der Waals surface area contributed by atoms with Crippen molar-refractivity contribution < 1.29 is 13.9 Å². The molecular formula is C21H19Cl2NO3. The lowest BCUT2D eigenvalue weighted by atomic mass is 10.1. The molecule has 1 heterocycles. The molecule has 0 fully saturated rings. The second kappa shape index (κ2) is 8.51. The van der Waals surface area contributed by atoms with Gasteiger partial charge in [-0.2, -0.15) is 0 Å². The standard InChI is InChI=1S/C21H19Cl2NO3/c1-14-9-19(10-15(2)21(14)23)27-13-20(25)24(12-18-7-4-8-26-18)17-6-3-5-16(22)11-17/h3-11H,12-13H2,1-2H3. The molecule has 0 saturated carbocycles. The van der Waals surface area contributed by atoms with E-state index in [4.69, 9.17) is 32.4 Å². The minimum absolute atomic E-state index is 0.117. The minimum Gasteiger partial charge on any atom is -0.484 e. The SMILES string of the molecule is Cc1cc(OCC(=O)N(Cc2ccco2)c2cccc(Cl)c2)cc(C)c1Cl. The Morgan fingerprint density at radius 1 is 1.07 bits per heavy atom. The van der Waals surface area contributed by atoms with Gasteiger partial charge in [-0.25, -0.2) is 0 Å². The summed E-state index contributed by atoms with van der Waals surface area (Å²) in [5.74, 6) is 1.06. The van der Waals surface area contributed by atoms with Crippen molar-refractivity contribution in [3.8, 4) is 5.75 Å². The van der Waals surface area contributed by atoms with Gasteiger partial charge in [-0.3, -0.25) is 4.79 Å². The van der Waals surface area contributed by atoms with Crippen molar-refractivity contribution in [3.63, 3.8) is 0 Å². The molecule has 0 spiro atoms. The van der Waals surface area contributed by atoms with E-state index in [1.807, 2.05) is 38.1 Å². The summed E-state index contributed by atoms with van der Waals surface area (Å²) < 4.78 is 11.1. The van der Waals surface area contributed by atoms with Crippen LogP contribution in [0.25, 0.3) is 0 Å². The number of ether oxygens (including phenoxy) is 1. The van der Waals surface area contributed by atoms with Crippen LogP contribution in [-0.4, -0.2) is 12.5 Å². The van der Waals surface area contributed by atoms with Gasteiger partial charge in [-0.05, 0) is 67.4 Å². The van der Waals surface area contributed by atoms with Gasteiger partial charge in [0.05, 0.1) is 12.8 Å². The third kappa shape index (κ3) is 4.85. The Bertz CT molecular complexity index is 915. The number of halogens is 2. The van der Waals surface area contributed by atoms with E-state index >= 15 is 0 Å². The fourth-order valence-corrected chi connectivity index (χ4v) is 3.03. The lowest BCUT2D eigenvalue weighted by molar-refractivity contribution is -0.120. The van der Waals surface area contributed by atoms with Crippen molar-refractivity contribution >= 4 is 34.8 Å². The second-order valence-corrected chi connectivity index (χ2v) is 7.01. The van der Waals surface area contributed by atoms with Gasteiger partial charge in [0.2, 0.25) is 0 Å². The normalized spacial score (nSPS) is 10.7. The monoisotopic (exact) mass is 403 g/mol. The molecule has 0 aliphatic carbocycles. The summed E-state index contributed by atoms with van der Waals surface area (Å²) in [5.41, 5.74) is 2.48. The van der Waals surface area contributed by atoms with E-state index in [9.17, 15) is 4.79 Å². The average molecular weight is 404 g/mol. The van der Waals surface area contributed by atoms with Crippen LogP contribution in [-0.2, 0) is 11.3 Å². The average Bonchev–Trinajstić information content (AvgIpc) is 3.15. The van der Waals surface area contributed by atoms with E-state index in [1.165, 1.54) is 0 Å². The van der Waals surface area contributed by atoms with Crippen molar-refractivity contribution in [1.82, 2.24) is 0 Å². The highest BCUT2D eigenvalue weighted by Crippen LogP contribution is 2.26. The third-order valence-electron chi connectivity index (χ3n) is 4.09. The Labute approximate surface area is 168 Å². The van der Waals surface area contributed by atoms with Crippen LogP contribution >= 0.6 is 23.2 Å². The summed E-state index contributed by atoms with van der Waals surface area (Å²) in [6, 6.07) is 14.4. The van der Waals surface area contributed by atoms with E-state index < -0.39 is 0 Å². The van der Waals surface area contributed by atoms with Gasteiger partial charge in [0.25, 0.3) is 5.91 Å². The fourth-order valence-electron chi connectivity index (χ4n) is 2.74. The number of anilines is 1. The maximum absolute atomic E-state index is 12.9. The molecule has 0 atom stereocenters. The highest BCUT2D eigenvalue weighted by molar-refractivity contribution is 6.32. The molecule has 1 amide bonds. The zero-order valence-corrected chi connectivity index (χ0v) is 16.6. The summed E-state index contributed by atoms with van der Waals surface area (Å²) in [6.45, 7) is 3.97. The maximum Gasteiger partial charge on any atom is 0.265 e. The van der Waals surface area contributed by atoms with Crippen molar-refractivity contribution in [2.45, 2.75) is 20.4 Å². The molecule has 0 aliphatic heterocycles. The molecule has 4 nitrogen and oxygen atoms in total. The van der Waals surface area contributed by atoms with E-state index in [1.54, 1.807) is 35.4 Å². The number of benzene rings is 2. The van der Waals surface area contributed by atoms with E-state index in [-0.39, 0.29) is 19.1 Å². The molecule has 0 saturated heterocycles. The number of amides is 1. The quantitative estimate of drug-likeness (QED) is 0.520. The second-order valence-electron chi connectivity index (χ2n) is 6.20. The zero-order chi connectivity index (χ0) is 19.4. The van der Waals surface area contributed by atoms with Crippen LogP contribution in [0.2, 0.25) is 10.0 Å². The number of carbonyl (C=O) groups is 1. The van der Waals surface area contributed by atoms with Gasteiger partial charge in [0, 0.05) is 15.7 Å². The van der Waals surface area contributed by atoms with Crippen LogP contribution in [0, 0.1) is 13.8 Å². The first kappa shape index (κ1) is 19.3. The van der Waals surface area contributed by atoms with Crippen LogP contribution in [0.4, 0.5) is 5.69 Å². The number of nitrogens with zero attached hydrogens (tertiary/aromatic N) is 1. The highest BCUT2D eigenvalue weighted by atomic mass is 35.5. The van der Waals surface area contributed by atoms with Crippen LogP contribution in [0.3, 0.4) is 0 Å². The first-order valence-electron chi connectivity index (χ1n) is 8.42. The molecule has 0 aliphatic rings. The molecule has 3 rings (SSSR count). The number of furan rings is 1. The molecule has 0 radical (unpaired) electrons. The minimum atomic E-state index is -0.209. The molecule has 0 bridgehead atoms. The predicted octanol–water partition coefficient (Wildman–Crippen LogP) is 5.82. The maximum atomic E-state index is 12.9. The smallest absolute Gasteiger partial charge is 0.265 e. The number of carbonyl (C=O) groups excluding carboxylic acids is 1. The number of rotatable bonds is 6. The molecule has 27 heavy (non-hydrogen) atoms. The molecule has 1 aromatic heterocycles. The first-order chi connectivity index (χ1) is 12.9. The summed E-state index contributed by atoms with van der Waals surface area (Å²) in [5, 5.41) is 1.25. The Morgan fingerprint density at radius 3 is 2.44 bits per heavy atom. The first-order valence-corrected chi connectivity index (χ1v) is 9.17. The number of hydrogen-bond acceptors (Lipinski definition) is 3. The largest absolute Gasteiger partial charge is 0.484 e. The van der Waals surface area contributed by atoms with E-state index in [0.29, 0.717) is 27.2 Å². The van der Waals surface area contributed by atoms with Crippen molar-refractivity contribution in [2.24, 2.45) is 0 Å². The van der Waals surface area contributed by atoms with E-state index in [2.05, 4.69) is 0 Å². The fraction of sp³-hybridized carbons (Fsp3) is 0.190. The molecule has 0 N–H and O–H groups in total. The third-order valence-corrected chi connectivity index (χ3v) is 4.92. The summed E-state index contributed by atoms with van der Waals surface area (Å²) >= 11 is 12.3. The highest BCUT2D eigenvalue weighted by Gasteiger charge is 2.19. The van der Waals surface area contributed by atoms with Gasteiger partial charge in [0.1, 0.15) is 11.5 Å². The van der Waals surface area contributed by atoms with Crippen LogP contribution in [0.5, 0.6) is 5.75 Å². The van der Waals surface area contributed by atoms with E-state index in [0.717, 1.165) is 11.1 Å². The Morgan fingerprint density at radius 2 is 1.81 bits per heavy atom. The molecular weight excluding hydrogens is 385 g/mol. The van der Waals surface area contributed by atoms with Gasteiger partial charge >= 0.3 is 0 Å². The lowest BCUT2D eigenvalue weighted by Crippen LogP contribution is -2.34. The van der Waals surface area contributed by atoms with Gasteiger partial charge in [0.15, 0.2) is 6.61 Å². The summed E-state index contributed by atoms with van der Waals surface area (Å²) in [4.78, 5) is 14.5. The van der Waals surface area contributed by atoms with Crippen LogP contribution in [0.15, 0.2) is 59.2 Å². The topological polar surface area (TPSA) is 42.7 Å². The lowest BCUT2D eigenvalue weighted by Gasteiger charge is -2.22. The van der Waals surface area contributed by atoms with Gasteiger partial charge in [-0.15, -0.1) is 0 Å². The van der Waals surface area contributed by atoms with Crippen molar-refractivity contribution in [2.75, 3.05) is 11.5 Å². The summed E-state index contributed by atoms with van der Waals surface area (Å²) in [6.07, 6.45) is 1.58. The number of aryl methyl sites for hydroxylation is 2. The molecule has 3 aromatic rings. The van der Waals surface area contributed by atoms with Crippen LogP contribution < -0.4 is 9.64 Å². The Kier molecular flexibility index (Phi) is 6.09. The van der Waals surface area contributed by atoms with Gasteiger partial charge in [-0.1, -0.05) is 29.3 Å². The van der Waals surface area contributed by atoms with Crippen molar-refractivity contribution in [3.05, 3.63) is 81.7 Å². The van der Waals surface area contributed by atoms with Gasteiger partial charge < -0.3 is 14.1 Å². The molecule has 0 unspecified atom stereocenters. The molecule has 6 heteroatoms. The summed E-state index contributed by atoms with van der Waals surface area (Å²) in [7, 11) is 0. The molecule has 140 valence electrons. The Hall–Kier alpha value is -2.43. The van der Waals surface area contributed by atoms with Crippen molar-refractivity contribution in [1.29, 1.82) is 0 Å².